The largest absolute Gasteiger partial charge is 0.493 e. The fourth-order valence-electron chi connectivity index (χ4n) is 7.25. The maximum absolute atomic E-state index is 14.7. The third-order valence-electron chi connectivity index (χ3n) is 9.63. The highest BCUT2D eigenvalue weighted by atomic mass is 19.1. The number of benzene rings is 1. The number of hydrogen-bond donors (Lipinski definition) is 0. The molecule has 0 unspecified atom stereocenters. The maximum Gasteiger partial charge on any atom is 0.225 e. The van der Waals surface area contributed by atoms with Crippen LogP contribution in [-0.4, -0.2) is 87.3 Å². The van der Waals surface area contributed by atoms with Gasteiger partial charge in [0.1, 0.15) is 23.7 Å². The van der Waals surface area contributed by atoms with E-state index >= 15 is 0 Å². The molecule has 3 aromatic rings. The molecule has 0 spiro atoms. The molecule has 0 saturated carbocycles. The van der Waals surface area contributed by atoms with Crippen LogP contribution in [0.3, 0.4) is 0 Å². The van der Waals surface area contributed by atoms with Gasteiger partial charge in [-0.05, 0) is 81.3 Å². The van der Waals surface area contributed by atoms with Crippen molar-refractivity contribution in [2.24, 2.45) is 5.92 Å². The van der Waals surface area contributed by atoms with Gasteiger partial charge in [-0.3, -0.25) is 9.20 Å². The minimum atomic E-state index is -0.191. The number of aryl methyl sites for hydroxylation is 1. The normalized spacial score (nSPS) is 20.8. The third kappa shape index (κ3) is 5.42. The SMILES string of the molecule is O=C(C1CCN(C2CCOCC2)CC1)N1CCC=C(c2cnc(CCc3c(F)ccc4c3CCO4)n3cnnc23)CC1. The summed E-state index contributed by atoms with van der Waals surface area (Å²) in [5.74, 6) is 1.82. The summed E-state index contributed by atoms with van der Waals surface area (Å²) < 4.78 is 27.8. The number of halogens is 1. The van der Waals surface area contributed by atoms with Crippen molar-refractivity contribution in [3.8, 4) is 5.75 Å². The number of carbonyl (C=O) groups is 1. The van der Waals surface area contributed by atoms with Crippen LogP contribution in [0.5, 0.6) is 5.75 Å². The predicted octanol–water partition coefficient (Wildman–Crippen LogP) is 3.88. The second kappa shape index (κ2) is 12.1. The van der Waals surface area contributed by atoms with E-state index in [2.05, 4.69) is 26.1 Å². The molecule has 7 rings (SSSR count). The Kier molecular flexibility index (Phi) is 7.90. The summed E-state index contributed by atoms with van der Waals surface area (Å²) in [6.07, 6.45) is 13.3. The van der Waals surface area contributed by atoms with E-state index in [-0.39, 0.29) is 11.7 Å². The van der Waals surface area contributed by atoms with Crippen LogP contribution < -0.4 is 4.74 Å². The van der Waals surface area contributed by atoms with Gasteiger partial charge in [0, 0.05) is 68.4 Å². The van der Waals surface area contributed by atoms with Crippen molar-refractivity contribution < 1.29 is 18.7 Å². The molecule has 2 saturated heterocycles. The molecule has 2 aromatic heterocycles. The average Bonchev–Trinajstić information content (AvgIpc) is 3.66. The first kappa shape index (κ1) is 27.5. The number of aromatic nitrogens is 4. The summed E-state index contributed by atoms with van der Waals surface area (Å²) >= 11 is 0. The Morgan fingerprint density at radius 3 is 2.71 bits per heavy atom. The zero-order chi connectivity index (χ0) is 28.5. The summed E-state index contributed by atoms with van der Waals surface area (Å²) in [6, 6.07) is 3.83. The number of ether oxygens (including phenoxy) is 2. The minimum absolute atomic E-state index is 0.119. The summed E-state index contributed by atoms with van der Waals surface area (Å²) in [4.78, 5) is 23.0. The van der Waals surface area contributed by atoms with Gasteiger partial charge in [-0.15, -0.1) is 10.2 Å². The number of nitrogens with zero attached hydrogens (tertiary/aromatic N) is 6. The van der Waals surface area contributed by atoms with E-state index in [0.717, 1.165) is 112 Å². The molecule has 2 fully saturated rings. The van der Waals surface area contributed by atoms with Gasteiger partial charge in [0.25, 0.3) is 0 Å². The average molecular weight is 575 g/mol. The number of carbonyl (C=O) groups excluding carboxylic acids is 1. The molecule has 4 aliphatic rings. The van der Waals surface area contributed by atoms with Gasteiger partial charge in [0.2, 0.25) is 5.91 Å². The van der Waals surface area contributed by atoms with Gasteiger partial charge in [-0.25, -0.2) is 9.37 Å². The highest BCUT2D eigenvalue weighted by molar-refractivity contribution is 5.80. The van der Waals surface area contributed by atoms with Gasteiger partial charge in [-0.1, -0.05) is 6.08 Å². The fraction of sp³-hybridized carbons (Fsp3) is 0.562. The molecule has 0 bridgehead atoms. The van der Waals surface area contributed by atoms with Crippen molar-refractivity contribution >= 4 is 17.1 Å². The van der Waals surface area contributed by atoms with Crippen molar-refractivity contribution in [3.05, 3.63) is 59.1 Å². The van der Waals surface area contributed by atoms with Crippen molar-refractivity contribution in [1.29, 1.82) is 0 Å². The molecule has 222 valence electrons. The molecule has 0 atom stereocenters. The monoisotopic (exact) mass is 574 g/mol. The quantitative estimate of drug-likeness (QED) is 0.442. The van der Waals surface area contributed by atoms with E-state index in [9.17, 15) is 9.18 Å². The van der Waals surface area contributed by atoms with Crippen LogP contribution in [-0.2, 0) is 28.8 Å². The van der Waals surface area contributed by atoms with Crippen LogP contribution in [0, 0.1) is 11.7 Å². The molecular weight excluding hydrogens is 535 g/mol. The molecule has 0 aliphatic carbocycles. The third-order valence-corrected chi connectivity index (χ3v) is 9.63. The minimum Gasteiger partial charge on any atom is -0.493 e. The molecule has 1 amide bonds. The number of fused-ring (bicyclic) bond motifs is 2. The molecule has 6 heterocycles. The Balaban J connectivity index is 0.992. The van der Waals surface area contributed by atoms with E-state index in [1.165, 1.54) is 6.07 Å². The topological polar surface area (TPSA) is 85.1 Å². The van der Waals surface area contributed by atoms with Gasteiger partial charge >= 0.3 is 0 Å². The number of hydrogen-bond acceptors (Lipinski definition) is 7. The highest BCUT2D eigenvalue weighted by Crippen LogP contribution is 2.32. The van der Waals surface area contributed by atoms with Crippen LogP contribution in [0.2, 0.25) is 0 Å². The molecule has 0 radical (unpaired) electrons. The Bertz CT molecular complexity index is 1470. The second-order valence-electron chi connectivity index (χ2n) is 12.0. The molecular formula is C32H39FN6O3. The Morgan fingerprint density at radius 2 is 1.86 bits per heavy atom. The molecule has 4 aliphatic heterocycles. The number of piperidine rings is 1. The van der Waals surface area contributed by atoms with Crippen LogP contribution in [0.15, 0.2) is 30.7 Å². The smallest absolute Gasteiger partial charge is 0.225 e. The van der Waals surface area contributed by atoms with E-state index in [0.29, 0.717) is 43.5 Å². The lowest BCUT2D eigenvalue weighted by atomic mass is 9.93. The lowest BCUT2D eigenvalue weighted by Gasteiger charge is -2.39. The predicted molar refractivity (Wildman–Crippen MR) is 156 cm³/mol. The molecule has 9 nitrogen and oxygen atoms in total. The standard InChI is InChI=1S/C32H39FN6O3/c33-28-4-5-29-26(12-19-42-29)25(28)3-6-30-34-20-27(31-36-35-21-39(30)31)22-2-1-13-38(16-7-22)32(40)23-8-14-37(15-9-23)24-10-17-41-18-11-24/h2,4-5,20-21,23-24H,1,3,6-19H2. The summed E-state index contributed by atoms with van der Waals surface area (Å²) in [6.45, 7) is 5.78. The summed E-state index contributed by atoms with van der Waals surface area (Å²) in [5, 5.41) is 8.63. The van der Waals surface area contributed by atoms with Crippen LogP contribution in [0.25, 0.3) is 11.2 Å². The number of likely N-dealkylation sites (tertiary alicyclic amines) is 1. The van der Waals surface area contributed by atoms with Crippen LogP contribution in [0.4, 0.5) is 4.39 Å². The maximum atomic E-state index is 14.7. The number of amides is 1. The summed E-state index contributed by atoms with van der Waals surface area (Å²) in [5.41, 5.74) is 4.55. The Hall–Kier alpha value is -3.37. The fourth-order valence-corrected chi connectivity index (χ4v) is 7.25. The summed E-state index contributed by atoms with van der Waals surface area (Å²) in [7, 11) is 0. The Morgan fingerprint density at radius 1 is 1.00 bits per heavy atom. The zero-order valence-electron chi connectivity index (χ0n) is 24.1. The van der Waals surface area contributed by atoms with E-state index in [1.807, 2.05) is 10.6 Å². The second-order valence-corrected chi connectivity index (χ2v) is 12.0. The van der Waals surface area contributed by atoms with Gasteiger partial charge in [0.05, 0.1) is 6.61 Å². The van der Waals surface area contributed by atoms with E-state index in [4.69, 9.17) is 14.5 Å². The van der Waals surface area contributed by atoms with Gasteiger partial charge in [0.15, 0.2) is 5.65 Å². The van der Waals surface area contributed by atoms with Gasteiger partial charge < -0.3 is 19.3 Å². The lowest BCUT2D eigenvalue weighted by Crippen LogP contribution is -2.47. The van der Waals surface area contributed by atoms with Crippen molar-refractivity contribution in [2.75, 3.05) is 46.0 Å². The van der Waals surface area contributed by atoms with Crippen LogP contribution >= 0.6 is 0 Å². The van der Waals surface area contributed by atoms with Crippen molar-refractivity contribution in [1.82, 2.24) is 29.4 Å². The first-order valence-corrected chi connectivity index (χ1v) is 15.6. The van der Waals surface area contributed by atoms with Crippen molar-refractivity contribution in [3.63, 3.8) is 0 Å². The van der Waals surface area contributed by atoms with E-state index < -0.39 is 0 Å². The zero-order valence-corrected chi connectivity index (χ0v) is 24.1. The molecule has 10 heteroatoms. The molecule has 0 N–H and O–H groups in total. The van der Waals surface area contributed by atoms with Crippen molar-refractivity contribution in [2.45, 2.75) is 63.8 Å². The highest BCUT2D eigenvalue weighted by Gasteiger charge is 2.32. The Labute approximate surface area is 245 Å². The molecule has 1 aromatic carbocycles. The molecule has 42 heavy (non-hydrogen) atoms. The van der Waals surface area contributed by atoms with Crippen LogP contribution in [0.1, 0.15) is 61.0 Å². The van der Waals surface area contributed by atoms with Gasteiger partial charge in [-0.2, -0.15) is 0 Å². The van der Waals surface area contributed by atoms with E-state index in [1.54, 1.807) is 12.4 Å². The number of rotatable bonds is 6. The lowest BCUT2D eigenvalue weighted by molar-refractivity contribution is -0.137. The first-order chi connectivity index (χ1) is 20.7. The first-order valence-electron chi connectivity index (χ1n) is 15.6.